The largest absolute Gasteiger partial charge is 0.462 e. The number of likely N-dealkylation sites (N-methyl/N-ethyl adjacent to an activating group) is 1. The number of nitrogens with zero attached hydrogens (tertiary/aromatic N) is 2. The van der Waals surface area contributed by atoms with Gasteiger partial charge in [0.15, 0.2) is 0 Å². The fourth-order valence-corrected chi connectivity index (χ4v) is 4.44. The number of piperidine rings is 1. The molecule has 1 aromatic heterocycles. The number of carbonyl (C=O) groups excluding carboxylic acids is 1. The maximum Gasteiger partial charge on any atom is 0.220 e. The van der Waals surface area contributed by atoms with Crippen molar-refractivity contribution in [1.82, 2.24) is 15.1 Å². The second-order valence-electron chi connectivity index (χ2n) is 8.01. The molecule has 0 unspecified atom stereocenters. The SMILES string of the molecule is CCN1CCC[C@H]1CNC(=O)CCC1CCN(Cc2ccc(CO)o2)CC1. The molecule has 2 N–H and O–H groups in total. The summed E-state index contributed by atoms with van der Waals surface area (Å²) in [5.74, 6) is 2.41. The smallest absolute Gasteiger partial charge is 0.220 e. The zero-order chi connectivity index (χ0) is 19.1. The van der Waals surface area contributed by atoms with Crippen LogP contribution in [0.4, 0.5) is 0 Å². The van der Waals surface area contributed by atoms with Gasteiger partial charge in [-0.05, 0) is 76.3 Å². The third kappa shape index (κ3) is 6.06. The molecule has 3 rings (SSSR count). The molecule has 3 heterocycles. The monoisotopic (exact) mass is 377 g/mol. The average Bonchev–Trinajstić information content (AvgIpc) is 3.34. The Kier molecular flexibility index (Phi) is 7.73. The highest BCUT2D eigenvalue weighted by Gasteiger charge is 2.24. The minimum Gasteiger partial charge on any atom is -0.462 e. The molecule has 1 aromatic rings. The second-order valence-corrected chi connectivity index (χ2v) is 8.01. The van der Waals surface area contributed by atoms with Crippen LogP contribution in [0.2, 0.25) is 0 Å². The summed E-state index contributed by atoms with van der Waals surface area (Å²) < 4.78 is 5.58. The topological polar surface area (TPSA) is 69.0 Å². The summed E-state index contributed by atoms with van der Waals surface area (Å²) in [5.41, 5.74) is 0. The van der Waals surface area contributed by atoms with E-state index >= 15 is 0 Å². The molecule has 0 radical (unpaired) electrons. The van der Waals surface area contributed by atoms with Crippen LogP contribution in [0, 0.1) is 5.92 Å². The Morgan fingerprint density at radius 3 is 2.70 bits per heavy atom. The first-order valence-electron chi connectivity index (χ1n) is 10.6. The van der Waals surface area contributed by atoms with Gasteiger partial charge in [0.25, 0.3) is 0 Å². The first-order chi connectivity index (χ1) is 13.2. The number of hydrogen-bond donors (Lipinski definition) is 2. The quantitative estimate of drug-likeness (QED) is 0.691. The molecule has 0 aromatic carbocycles. The zero-order valence-electron chi connectivity index (χ0n) is 16.7. The Hall–Kier alpha value is -1.37. The maximum absolute atomic E-state index is 12.2. The van der Waals surface area contributed by atoms with Gasteiger partial charge in [-0.2, -0.15) is 0 Å². The number of nitrogens with one attached hydrogen (secondary N) is 1. The van der Waals surface area contributed by atoms with E-state index in [-0.39, 0.29) is 12.5 Å². The fourth-order valence-electron chi connectivity index (χ4n) is 4.44. The third-order valence-electron chi connectivity index (χ3n) is 6.18. The Balaban J connectivity index is 1.29. The Bertz CT molecular complexity index is 581. The van der Waals surface area contributed by atoms with Crippen molar-refractivity contribution in [2.45, 2.75) is 64.6 Å². The molecule has 0 spiro atoms. The molecule has 1 amide bonds. The Morgan fingerprint density at radius 2 is 2.00 bits per heavy atom. The van der Waals surface area contributed by atoms with Crippen LogP contribution in [0.1, 0.15) is 57.0 Å². The minimum atomic E-state index is -0.0403. The predicted molar refractivity (Wildman–Crippen MR) is 105 cm³/mol. The molecular formula is C21H35N3O3. The average molecular weight is 378 g/mol. The van der Waals surface area contributed by atoms with Crippen molar-refractivity contribution in [3.05, 3.63) is 23.7 Å². The molecule has 2 aliphatic rings. The molecule has 2 aliphatic heterocycles. The lowest BCUT2D eigenvalue weighted by molar-refractivity contribution is -0.121. The van der Waals surface area contributed by atoms with Crippen LogP contribution in [0.15, 0.2) is 16.5 Å². The van der Waals surface area contributed by atoms with Crippen LogP contribution in [0.25, 0.3) is 0 Å². The van der Waals surface area contributed by atoms with E-state index < -0.39 is 0 Å². The zero-order valence-corrected chi connectivity index (χ0v) is 16.7. The summed E-state index contributed by atoms with van der Waals surface area (Å²) in [7, 11) is 0. The van der Waals surface area contributed by atoms with Gasteiger partial charge in [0.2, 0.25) is 5.91 Å². The first kappa shape index (κ1) is 20.4. The summed E-state index contributed by atoms with van der Waals surface area (Å²) in [6.45, 7) is 8.13. The van der Waals surface area contributed by atoms with Gasteiger partial charge < -0.3 is 14.8 Å². The lowest BCUT2D eigenvalue weighted by Gasteiger charge is -2.31. The van der Waals surface area contributed by atoms with E-state index in [1.165, 1.54) is 19.4 Å². The number of likely N-dealkylation sites (tertiary alicyclic amines) is 2. The van der Waals surface area contributed by atoms with Gasteiger partial charge in [0, 0.05) is 19.0 Å². The number of rotatable bonds is 9. The summed E-state index contributed by atoms with van der Waals surface area (Å²) >= 11 is 0. The number of aliphatic hydroxyl groups excluding tert-OH is 1. The molecule has 0 aliphatic carbocycles. The predicted octanol–water partition coefficient (Wildman–Crippen LogP) is 2.36. The highest BCUT2D eigenvalue weighted by Crippen LogP contribution is 2.23. The highest BCUT2D eigenvalue weighted by molar-refractivity contribution is 5.75. The van der Waals surface area contributed by atoms with Crippen molar-refractivity contribution in [3.63, 3.8) is 0 Å². The molecule has 2 saturated heterocycles. The fraction of sp³-hybridized carbons (Fsp3) is 0.762. The Labute approximate surface area is 162 Å². The van der Waals surface area contributed by atoms with Crippen LogP contribution < -0.4 is 5.32 Å². The van der Waals surface area contributed by atoms with Crippen LogP contribution in [0.5, 0.6) is 0 Å². The Morgan fingerprint density at radius 1 is 1.22 bits per heavy atom. The van der Waals surface area contributed by atoms with E-state index in [1.54, 1.807) is 0 Å². The van der Waals surface area contributed by atoms with E-state index in [0.29, 0.717) is 24.1 Å². The standard InChI is InChI=1S/C21H35N3O3/c1-2-24-11-3-4-18(24)14-22-21(26)8-5-17-9-12-23(13-10-17)15-19-6-7-20(16-25)27-19/h6-7,17-18,25H,2-5,8-16H2,1H3,(H,22,26)/t18-/m0/s1. The summed E-state index contributed by atoms with van der Waals surface area (Å²) in [4.78, 5) is 17.1. The van der Waals surface area contributed by atoms with E-state index in [1.807, 2.05) is 12.1 Å². The number of furan rings is 1. The van der Waals surface area contributed by atoms with Gasteiger partial charge >= 0.3 is 0 Å². The summed E-state index contributed by atoms with van der Waals surface area (Å²) in [5, 5.41) is 12.2. The van der Waals surface area contributed by atoms with Gasteiger partial charge in [-0.25, -0.2) is 0 Å². The van der Waals surface area contributed by atoms with Crippen molar-refractivity contribution in [1.29, 1.82) is 0 Å². The van der Waals surface area contributed by atoms with Crippen LogP contribution in [-0.2, 0) is 17.9 Å². The molecular weight excluding hydrogens is 342 g/mol. The minimum absolute atomic E-state index is 0.0403. The number of amides is 1. The molecule has 2 fully saturated rings. The molecule has 1 atom stereocenters. The maximum atomic E-state index is 12.2. The lowest BCUT2D eigenvalue weighted by Crippen LogP contribution is -2.40. The molecule has 0 saturated carbocycles. The van der Waals surface area contributed by atoms with Crippen molar-refractivity contribution in [3.8, 4) is 0 Å². The summed E-state index contributed by atoms with van der Waals surface area (Å²) in [6, 6.07) is 4.33. The second kappa shape index (κ2) is 10.2. The molecule has 152 valence electrons. The third-order valence-corrected chi connectivity index (χ3v) is 6.18. The van der Waals surface area contributed by atoms with Crippen molar-refractivity contribution in [2.24, 2.45) is 5.92 Å². The normalized spacial score (nSPS) is 22.4. The lowest BCUT2D eigenvalue weighted by atomic mass is 9.92. The first-order valence-corrected chi connectivity index (χ1v) is 10.6. The van der Waals surface area contributed by atoms with E-state index in [4.69, 9.17) is 9.52 Å². The van der Waals surface area contributed by atoms with Crippen molar-refractivity contribution < 1.29 is 14.3 Å². The number of carbonyl (C=O) groups is 1. The van der Waals surface area contributed by atoms with Crippen molar-refractivity contribution >= 4 is 5.91 Å². The highest BCUT2D eigenvalue weighted by atomic mass is 16.4. The molecule has 6 heteroatoms. The van der Waals surface area contributed by atoms with Gasteiger partial charge in [-0.3, -0.25) is 14.6 Å². The van der Waals surface area contributed by atoms with E-state index in [9.17, 15) is 4.79 Å². The van der Waals surface area contributed by atoms with Gasteiger partial charge in [-0.1, -0.05) is 6.92 Å². The van der Waals surface area contributed by atoms with Crippen LogP contribution in [-0.4, -0.2) is 59.6 Å². The van der Waals surface area contributed by atoms with Crippen molar-refractivity contribution in [2.75, 3.05) is 32.7 Å². The van der Waals surface area contributed by atoms with E-state index in [0.717, 1.165) is 57.7 Å². The van der Waals surface area contributed by atoms with Crippen LogP contribution >= 0.6 is 0 Å². The summed E-state index contributed by atoms with van der Waals surface area (Å²) in [6.07, 6.45) is 6.41. The molecule has 27 heavy (non-hydrogen) atoms. The molecule has 6 nitrogen and oxygen atoms in total. The number of aliphatic hydroxyl groups is 1. The molecule has 0 bridgehead atoms. The van der Waals surface area contributed by atoms with Crippen LogP contribution in [0.3, 0.4) is 0 Å². The van der Waals surface area contributed by atoms with Gasteiger partial charge in [0.05, 0.1) is 6.54 Å². The van der Waals surface area contributed by atoms with Gasteiger partial charge in [-0.15, -0.1) is 0 Å². The number of hydrogen-bond acceptors (Lipinski definition) is 5. The van der Waals surface area contributed by atoms with E-state index in [2.05, 4.69) is 22.0 Å². The van der Waals surface area contributed by atoms with Gasteiger partial charge in [0.1, 0.15) is 18.1 Å².